The molecule has 0 saturated heterocycles. The maximum absolute atomic E-state index is 12.1. The predicted molar refractivity (Wildman–Crippen MR) is 80.0 cm³/mol. The Kier molecular flexibility index (Phi) is 6.58. The largest absolute Gasteiger partial charge is 0.306 e. The number of ketones is 1. The molecule has 0 amide bonds. The van der Waals surface area contributed by atoms with Crippen molar-refractivity contribution in [1.82, 2.24) is 4.90 Å². The van der Waals surface area contributed by atoms with Crippen molar-refractivity contribution in [2.75, 3.05) is 20.1 Å². The molecule has 0 bridgehead atoms. The molecule has 1 unspecified atom stereocenters. The first-order chi connectivity index (χ1) is 8.54. The van der Waals surface area contributed by atoms with Gasteiger partial charge >= 0.3 is 0 Å². The molecule has 18 heavy (non-hydrogen) atoms. The van der Waals surface area contributed by atoms with Crippen molar-refractivity contribution in [2.45, 2.75) is 26.7 Å². The molecule has 0 aliphatic rings. The second-order valence-corrected chi connectivity index (χ2v) is 5.78. The van der Waals surface area contributed by atoms with Gasteiger partial charge in [0.1, 0.15) is 0 Å². The molecule has 0 saturated carbocycles. The lowest BCUT2D eigenvalue weighted by atomic mass is 10.1. The maximum atomic E-state index is 12.1. The van der Waals surface area contributed by atoms with Crippen LogP contribution >= 0.6 is 15.9 Å². The summed E-state index contributed by atoms with van der Waals surface area (Å²) in [5, 5.41) is 0. The van der Waals surface area contributed by atoms with E-state index in [1.165, 1.54) is 6.42 Å². The van der Waals surface area contributed by atoms with E-state index in [1.54, 1.807) is 0 Å². The van der Waals surface area contributed by atoms with Crippen LogP contribution in [0.1, 0.15) is 37.0 Å². The van der Waals surface area contributed by atoms with Gasteiger partial charge in [-0.2, -0.15) is 0 Å². The molecule has 1 rings (SSSR count). The average Bonchev–Trinajstić information content (AvgIpc) is 2.36. The first-order valence-electron chi connectivity index (χ1n) is 6.50. The summed E-state index contributed by atoms with van der Waals surface area (Å²) in [6.07, 6.45) is 1.76. The van der Waals surface area contributed by atoms with E-state index in [0.717, 1.165) is 23.1 Å². The molecule has 0 heterocycles. The van der Waals surface area contributed by atoms with E-state index in [4.69, 9.17) is 0 Å². The minimum absolute atomic E-state index is 0.207. The van der Waals surface area contributed by atoms with E-state index in [2.05, 4.69) is 41.7 Å². The summed E-state index contributed by atoms with van der Waals surface area (Å²) in [5.74, 6) is 0.895. The summed E-state index contributed by atoms with van der Waals surface area (Å²) < 4.78 is 0.888. The predicted octanol–water partition coefficient (Wildman–Crippen LogP) is 4.00. The summed E-state index contributed by atoms with van der Waals surface area (Å²) in [7, 11) is 2.08. The summed E-state index contributed by atoms with van der Waals surface area (Å²) in [6, 6.07) is 7.62. The zero-order chi connectivity index (χ0) is 13.5. The molecule has 0 aliphatic heterocycles. The fraction of sp³-hybridized carbons (Fsp3) is 0.533. The second-order valence-electron chi connectivity index (χ2n) is 4.93. The molecule has 0 N–H and O–H groups in total. The van der Waals surface area contributed by atoms with Crippen LogP contribution in [0, 0.1) is 5.92 Å². The Morgan fingerprint density at radius 2 is 2.06 bits per heavy atom. The van der Waals surface area contributed by atoms with Crippen molar-refractivity contribution in [3.63, 3.8) is 0 Å². The molecule has 0 spiro atoms. The lowest BCUT2D eigenvalue weighted by Crippen LogP contribution is -2.26. The van der Waals surface area contributed by atoms with E-state index in [-0.39, 0.29) is 5.78 Å². The van der Waals surface area contributed by atoms with Crippen LogP contribution in [0.15, 0.2) is 28.7 Å². The van der Waals surface area contributed by atoms with Crippen LogP contribution in [0.5, 0.6) is 0 Å². The number of halogens is 1. The molecule has 0 radical (unpaired) electrons. The van der Waals surface area contributed by atoms with E-state index in [0.29, 0.717) is 12.3 Å². The van der Waals surface area contributed by atoms with Gasteiger partial charge in [-0.1, -0.05) is 54.4 Å². The second kappa shape index (κ2) is 7.70. The van der Waals surface area contributed by atoms with Gasteiger partial charge in [-0.25, -0.2) is 0 Å². The van der Waals surface area contributed by atoms with Crippen LogP contribution in [-0.2, 0) is 0 Å². The Labute approximate surface area is 119 Å². The number of carbonyl (C=O) groups excluding carboxylic acids is 1. The molecular weight excluding hydrogens is 290 g/mol. The third-order valence-corrected chi connectivity index (χ3v) is 3.91. The SMILES string of the molecule is CCC(C)CN(C)CCC(=O)c1ccccc1Br. The molecule has 3 heteroatoms. The highest BCUT2D eigenvalue weighted by molar-refractivity contribution is 9.10. The number of Topliss-reactive ketones (excluding diaryl/α,β-unsaturated/α-hetero) is 1. The van der Waals surface area contributed by atoms with Crippen molar-refractivity contribution in [3.8, 4) is 0 Å². The minimum Gasteiger partial charge on any atom is -0.306 e. The number of hydrogen-bond donors (Lipinski definition) is 0. The lowest BCUT2D eigenvalue weighted by Gasteiger charge is -2.20. The zero-order valence-electron chi connectivity index (χ0n) is 11.4. The van der Waals surface area contributed by atoms with Crippen molar-refractivity contribution >= 4 is 21.7 Å². The van der Waals surface area contributed by atoms with Crippen LogP contribution in [0.25, 0.3) is 0 Å². The van der Waals surface area contributed by atoms with Crippen molar-refractivity contribution in [3.05, 3.63) is 34.3 Å². The zero-order valence-corrected chi connectivity index (χ0v) is 13.0. The van der Waals surface area contributed by atoms with Gasteiger partial charge in [-0.15, -0.1) is 0 Å². The molecular formula is C15H22BrNO. The Hall–Kier alpha value is -0.670. The van der Waals surface area contributed by atoms with E-state index in [9.17, 15) is 4.79 Å². The molecule has 0 fully saturated rings. The molecule has 1 aromatic carbocycles. The molecule has 1 aromatic rings. The van der Waals surface area contributed by atoms with Crippen molar-refractivity contribution in [2.24, 2.45) is 5.92 Å². The van der Waals surface area contributed by atoms with Gasteiger partial charge in [0.15, 0.2) is 5.78 Å². The molecule has 0 aliphatic carbocycles. The van der Waals surface area contributed by atoms with Crippen molar-refractivity contribution in [1.29, 1.82) is 0 Å². The monoisotopic (exact) mass is 311 g/mol. The lowest BCUT2D eigenvalue weighted by molar-refractivity contribution is 0.0965. The van der Waals surface area contributed by atoms with E-state index < -0.39 is 0 Å². The van der Waals surface area contributed by atoms with Gasteiger partial charge in [0, 0.05) is 29.5 Å². The fourth-order valence-corrected chi connectivity index (χ4v) is 2.37. The standard InChI is InChI=1S/C15H22BrNO/c1-4-12(2)11-17(3)10-9-15(18)13-7-5-6-8-14(13)16/h5-8,12H,4,9-11H2,1-3H3. The summed E-state index contributed by atoms with van der Waals surface area (Å²) >= 11 is 3.42. The van der Waals surface area contributed by atoms with Crippen LogP contribution in [0.4, 0.5) is 0 Å². The van der Waals surface area contributed by atoms with Gasteiger partial charge in [-0.05, 0) is 19.0 Å². The summed E-state index contributed by atoms with van der Waals surface area (Å²) in [6.45, 7) is 6.32. The third kappa shape index (κ3) is 4.91. The molecule has 0 aromatic heterocycles. The third-order valence-electron chi connectivity index (χ3n) is 3.22. The van der Waals surface area contributed by atoms with Crippen molar-refractivity contribution < 1.29 is 4.79 Å². The number of benzene rings is 1. The first kappa shape index (κ1) is 15.4. The van der Waals surface area contributed by atoms with Gasteiger partial charge in [0.25, 0.3) is 0 Å². The summed E-state index contributed by atoms with van der Waals surface area (Å²) in [5.41, 5.74) is 0.787. The van der Waals surface area contributed by atoms with Gasteiger partial charge < -0.3 is 4.90 Å². The van der Waals surface area contributed by atoms with Crippen LogP contribution < -0.4 is 0 Å². The Morgan fingerprint density at radius 3 is 2.67 bits per heavy atom. The van der Waals surface area contributed by atoms with Gasteiger partial charge in [-0.3, -0.25) is 4.79 Å². The average molecular weight is 312 g/mol. The smallest absolute Gasteiger partial charge is 0.165 e. The van der Waals surface area contributed by atoms with Gasteiger partial charge in [0.2, 0.25) is 0 Å². The topological polar surface area (TPSA) is 20.3 Å². The first-order valence-corrected chi connectivity index (χ1v) is 7.30. The quantitative estimate of drug-likeness (QED) is 0.709. The maximum Gasteiger partial charge on any atom is 0.165 e. The minimum atomic E-state index is 0.207. The van der Waals surface area contributed by atoms with Crippen LogP contribution in [0.3, 0.4) is 0 Å². The van der Waals surface area contributed by atoms with Gasteiger partial charge in [0.05, 0.1) is 0 Å². The van der Waals surface area contributed by atoms with Crippen LogP contribution in [0.2, 0.25) is 0 Å². The Bertz CT molecular complexity index is 392. The van der Waals surface area contributed by atoms with Crippen LogP contribution in [-0.4, -0.2) is 30.8 Å². The molecule has 100 valence electrons. The van der Waals surface area contributed by atoms with E-state index in [1.807, 2.05) is 24.3 Å². The highest BCUT2D eigenvalue weighted by atomic mass is 79.9. The Morgan fingerprint density at radius 1 is 1.39 bits per heavy atom. The number of nitrogens with zero attached hydrogens (tertiary/aromatic N) is 1. The number of hydrogen-bond acceptors (Lipinski definition) is 2. The summed E-state index contributed by atoms with van der Waals surface area (Å²) in [4.78, 5) is 14.3. The fourth-order valence-electron chi connectivity index (χ4n) is 1.87. The highest BCUT2D eigenvalue weighted by Gasteiger charge is 2.11. The number of rotatable bonds is 7. The van der Waals surface area contributed by atoms with E-state index >= 15 is 0 Å². The Balaban J connectivity index is 2.44. The number of carbonyl (C=O) groups is 1. The molecule has 2 nitrogen and oxygen atoms in total. The highest BCUT2D eigenvalue weighted by Crippen LogP contribution is 2.17. The molecule has 1 atom stereocenters. The normalized spacial score (nSPS) is 12.7.